The normalized spacial score (nSPS) is 24.7. The van der Waals surface area contributed by atoms with Gasteiger partial charge in [-0.25, -0.2) is 4.39 Å². The summed E-state index contributed by atoms with van der Waals surface area (Å²) in [6.45, 7) is 4.53. The maximum atomic E-state index is 13.3. The molecule has 1 N–H and O–H groups in total. The fourth-order valence-electron chi connectivity index (χ4n) is 3.03. The molecule has 16 heavy (non-hydrogen) atoms. The molecule has 0 spiro atoms. The predicted molar refractivity (Wildman–Crippen MR) is 64.2 cm³/mol. The van der Waals surface area contributed by atoms with Crippen molar-refractivity contribution in [2.45, 2.75) is 32.6 Å². The van der Waals surface area contributed by atoms with Crippen LogP contribution in [0.3, 0.4) is 0 Å². The Labute approximate surface area is 94.7 Å². The molecule has 0 amide bonds. The van der Waals surface area contributed by atoms with E-state index in [1.54, 1.807) is 6.07 Å². The van der Waals surface area contributed by atoms with Gasteiger partial charge < -0.3 is 4.98 Å². The maximum absolute atomic E-state index is 13.3. The van der Waals surface area contributed by atoms with E-state index in [1.807, 2.05) is 6.07 Å². The van der Waals surface area contributed by atoms with Gasteiger partial charge in [-0.05, 0) is 48.4 Å². The van der Waals surface area contributed by atoms with Crippen LogP contribution < -0.4 is 0 Å². The molecule has 1 aliphatic rings. The molecule has 1 heterocycles. The first-order valence-electron chi connectivity index (χ1n) is 5.95. The smallest absolute Gasteiger partial charge is 0.123 e. The highest BCUT2D eigenvalue weighted by molar-refractivity contribution is 5.85. The minimum Gasteiger partial charge on any atom is -0.358 e. The summed E-state index contributed by atoms with van der Waals surface area (Å²) < 4.78 is 13.3. The second-order valence-electron chi connectivity index (χ2n) is 5.15. The summed E-state index contributed by atoms with van der Waals surface area (Å²) >= 11 is 0. The molecule has 2 aromatic rings. The number of hydrogen-bond acceptors (Lipinski definition) is 0. The van der Waals surface area contributed by atoms with Gasteiger partial charge in [0.05, 0.1) is 0 Å². The van der Waals surface area contributed by atoms with E-state index in [4.69, 9.17) is 0 Å². The Bertz CT molecular complexity index is 541. The Balaban J connectivity index is 2.27. The van der Waals surface area contributed by atoms with Gasteiger partial charge in [-0.3, -0.25) is 0 Å². The van der Waals surface area contributed by atoms with Crippen molar-refractivity contribution >= 4 is 10.9 Å². The van der Waals surface area contributed by atoms with E-state index in [1.165, 1.54) is 23.7 Å². The molecular formula is C14H16FN. The number of aromatic nitrogens is 1. The van der Waals surface area contributed by atoms with Crippen molar-refractivity contribution in [3.63, 3.8) is 0 Å². The summed E-state index contributed by atoms with van der Waals surface area (Å²) in [7, 11) is 0. The zero-order valence-corrected chi connectivity index (χ0v) is 9.68. The van der Waals surface area contributed by atoms with Gasteiger partial charge in [0.1, 0.15) is 5.82 Å². The molecule has 0 radical (unpaired) electrons. The van der Waals surface area contributed by atoms with E-state index in [-0.39, 0.29) is 5.82 Å². The number of halogens is 1. The lowest BCUT2D eigenvalue weighted by Crippen LogP contribution is -2.13. The molecule has 0 saturated carbocycles. The molecule has 2 heteroatoms. The Morgan fingerprint density at radius 3 is 2.94 bits per heavy atom. The van der Waals surface area contributed by atoms with Crippen molar-refractivity contribution in [1.29, 1.82) is 0 Å². The fraction of sp³-hybridized carbons (Fsp3) is 0.429. The summed E-state index contributed by atoms with van der Waals surface area (Å²) in [5.41, 5.74) is 3.73. The minimum absolute atomic E-state index is 0.139. The van der Waals surface area contributed by atoms with Crippen LogP contribution in [0.25, 0.3) is 10.9 Å². The number of H-pyrrole nitrogens is 1. The fourth-order valence-corrected chi connectivity index (χ4v) is 3.03. The van der Waals surface area contributed by atoms with Crippen molar-refractivity contribution in [3.8, 4) is 0 Å². The number of hydrogen-bond donors (Lipinski definition) is 1. The van der Waals surface area contributed by atoms with Crippen LogP contribution in [0.15, 0.2) is 18.2 Å². The first-order chi connectivity index (χ1) is 7.65. The van der Waals surface area contributed by atoms with E-state index in [0.717, 1.165) is 17.3 Å². The van der Waals surface area contributed by atoms with Crippen LogP contribution in [-0.2, 0) is 6.42 Å². The lowest BCUT2D eigenvalue weighted by molar-refractivity contribution is 0.447. The molecule has 0 aliphatic heterocycles. The molecule has 1 aromatic carbocycles. The molecule has 2 atom stereocenters. The summed E-state index contributed by atoms with van der Waals surface area (Å²) in [4.78, 5) is 3.45. The maximum Gasteiger partial charge on any atom is 0.123 e. The monoisotopic (exact) mass is 217 g/mol. The molecule has 0 fully saturated rings. The first kappa shape index (κ1) is 9.88. The lowest BCUT2D eigenvalue weighted by Gasteiger charge is -2.24. The van der Waals surface area contributed by atoms with Crippen molar-refractivity contribution in [3.05, 3.63) is 35.3 Å². The van der Waals surface area contributed by atoms with Crippen LogP contribution in [0.5, 0.6) is 0 Å². The van der Waals surface area contributed by atoms with Crippen LogP contribution in [0.2, 0.25) is 0 Å². The van der Waals surface area contributed by atoms with E-state index in [2.05, 4.69) is 18.8 Å². The van der Waals surface area contributed by atoms with Crippen molar-refractivity contribution in [1.82, 2.24) is 4.98 Å². The highest BCUT2D eigenvalue weighted by Crippen LogP contribution is 2.38. The zero-order chi connectivity index (χ0) is 11.3. The van der Waals surface area contributed by atoms with E-state index in [0.29, 0.717) is 11.8 Å². The number of nitrogens with one attached hydrogen (secondary N) is 1. The zero-order valence-electron chi connectivity index (χ0n) is 9.68. The molecule has 0 saturated heterocycles. The Kier molecular flexibility index (Phi) is 2.06. The number of benzene rings is 1. The third-order valence-corrected chi connectivity index (χ3v) is 3.70. The topological polar surface area (TPSA) is 15.8 Å². The summed E-state index contributed by atoms with van der Waals surface area (Å²) in [5.74, 6) is 1.12. The van der Waals surface area contributed by atoms with Gasteiger partial charge in [-0.15, -0.1) is 0 Å². The number of rotatable bonds is 0. The van der Waals surface area contributed by atoms with Crippen molar-refractivity contribution < 1.29 is 4.39 Å². The third-order valence-electron chi connectivity index (χ3n) is 3.70. The molecule has 1 nitrogen and oxygen atoms in total. The Morgan fingerprint density at radius 1 is 1.31 bits per heavy atom. The Morgan fingerprint density at radius 2 is 2.12 bits per heavy atom. The van der Waals surface area contributed by atoms with Gasteiger partial charge in [0.25, 0.3) is 0 Å². The highest BCUT2D eigenvalue weighted by Gasteiger charge is 2.25. The second-order valence-corrected chi connectivity index (χ2v) is 5.15. The Hall–Kier alpha value is -1.31. The van der Waals surface area contributed by atoms with Gasteiger partial charge in [-0.1, -0.05) is 13.8 Å². The van der Waals surface area contributed by atoms with E-state index in [9.17, 15) is 4.39 Å². The average molecular weight is 217 g/mol. The summed E-state index contributed by atoms with van der Waals surface area (Å²) in [6.07, 6.45) is 2.30. The van der Waals surface area contributed by atoms with Crippen molar-refractivity contribution in [2.24, 2.45) is 5.92 Å². The van der Waals surface area contributed by atoms with Crippen LogP contribution in [0.1, 0.15) is 37.4 Å². The third kappa shape index (κ3) is 1.36. The largest absolute Gasteiger partial charge is 0.358 e. The average Bonchev–Trinajstić information content (AvgIpc) is 2.57. The first-order valence-corrected chi connectivity index (χ1v) is 5.95. The van der Waals surface area contributed by atoms with Gasteiger partial charge in [0, 0.05) is 16.6 Å². The van der Waals surface area contributed by atoms with Crippen LogP contribution >= 0.6 is 0 Å². The van der Waals surface area contributed by atoms with Crippen LogP contribution in [0.4, 0.5) is 4.39 Å². The van der Waals surface area contributed by atoms with Crippen LogP contribution in [0, 0.1) is 11.7 Å². The number of aromatic amines is 1. The standard InChI is InChI=1S/C14H16FN/c1-8-5-9(2)14-12(6-8)11-7-10(15)3-4-13(11)16-14/h3-4,7-9,16H,5-6H2,1-2H3. The van der Waals surface area contributed by atoms with Crippen LogP contribution in [-0.4, -0.2) is 4.98 Å². The van der Waals surface area contributed by atoms with E-state index >= 15 is 0 Å². The van der Waals surface area contributed by atoms with Crippen molar-refractivity contribution in [2.75, 3.05) is 0 Å². The minimum atomic E-state index is -0.139. The van der Waals surface area contributed by atoms with E-state index < -0.39 is 0 Å². The number of fused-ring (bicyclic) bond motifs is 3. The molecular weight excluding hydrogens is 201 g/mol. The van der Waals surface area contributed by atoms with Gasteiger partial charge >= 0.3 is 0 Å². The molecule has 2 unspecified atom stereocenters. The SMILES string of the molecule is CC1Cc2c([nH]c3ccc(F)cc23)C(C)C1. The highest BCUT2D eigenvalue weighted by atomic mass is 19.1. The molecule has 1 aromatic heterocycles. The second kappa shape index (κ2) is 3.34. The molecule has 3 rings (SSSR count). The molecule has 0 bridgehead atoms. The quantitative estimate of drug-likeness (QED) is 0.686. The lowest BCUT2D eigenvalue weighted by atomic mass is 9.81. The molecule has 1 aliphatic carbocycles. The van der Waals surface area contributed by atoms with Gasteiger partial charge in [0.15, 0.2) is 0 Å². The predicted octanol–water partition coefficient (Wildman–Crippen LogP) is 3.99. The van der Waals surface area contributed by atoms with Gasteiger partial charge in [-0.2, -0.15) is 0 Å². The molecule has 84 valence electrons. The van der Waals surface area contributed by atoms with Gasteiger partial charge in [0.2, 0.25) is 0 Å². The summed E-state index contributed by atoms with van der Waals surface area (Å²) in [6, 6.07) is 5.04. The summed E-state index contributed by atoms with van der Waals surface area (Å²) in [5, 5.41) is 1.08.